The highest BCUT2D eigenvalue weighted by Crippen LogP contribution is 2.85. The number of hydrogen-bond donors (Lipinski definition) is 0. The van der Waals surface area contributed by atoms with Crippen LogP contribution in [-0.4, -0.2) is 13.2 Å². The average molecular weight is 365 g/mol. The molecule has 0 aliphatic carbocycles. The molecule has 2 aliphatic heterocycles. The molecule has 0 aromatic rings. The van der Waals surface area contributed by atoms with E-state index in [-0.39, 0.29) is 5.92 Å². The van der Waals surface area contributed by atoms with Crippen molar-refractivity contribution in [3.8, 4) is 0 Å². The molecule has 3 atom stereocenters. The second-order valence-electron chi connectivity index (χ2n) is 3.37. The first-order chi connectivity index (χ1) is 7.22. The first kappa shape index (κ1) is 14.2. The molecule has 0 amide bonds. The summed E-state index contributed by atoms with van der Waals surface area (Å²) in [5, 5.41) is 0. The maximum atomic E-state index is 6.14. The van der Waals surface area contributed by atoms with Crippen molar-refractivity contribution in [2.24, 2.45) is 19.5 Å². The summed E-state index contributed by atoms with van der Waals surface area (Å²) in [4.78, 5) is 0. The fraction of sp³-hybridized carbons (Fsp3) is 1.00. The minimum absolute atomic E-state index is 0.147. The zero-order chi connectivity index (χ0) is 12.0. The van der Waals surface area contributed by atoms with E-state index in [4.69, 9.17) is 54.0 Å². The van der Waals surface area contributed by atoms with Crippen LogP contribution >= 0.6 is 64.4 Å². The Balaban J connectivity index is 2.56. The van der Waals surface area contributed by atoms with Crippen LogP contribution in [0, 0.1) is 5.92 Å². The lowest BCUT2D eigenvalue weighted by Crippen LogP contribution is -2.11. The van der Waals surface area contributed by atoms with E-state index in [0.717, 1.165) is 0 Å². The lowest BCUT2D eigenvalue weighted by molar-refractivity contribution is 0.206. The minimum atomic E-state index is -2.93. The second kappa shape index (κ2) is 4.71. The van der Waals surface area contributed by atoms with Crippen molar-refractivity contribution in [1.29, 1.82) is 0 Å². The zero-order valence-electron chi connectivity index (χ0n) is 8.00. The minimum Gasteiger partial charge on any atom is -0.315 e. The summed E-state index contributed by atoms with van der Waals surface area (Å²) in [7, 11) is 0. The predicted octanol–water partition coefficient (Wildman–Crippen LogP) is 6.48. The van der Waals surface area contributed by atoms with E-state index in [1.54, 1.807) is 0 Å². The van der Waals surface area contributed by atoms with E-state index in [1.165, 1.54) is 0 Å². The molecule has 0 spiro atoms. The van der Waals surface area contributed by atoms with E-state index in [1.807, 2.05) is 6.92 Å². The van der Waals surface area contributed by atoms with Crippen molar-refractivity contribution in [3.63, 3.8) is 0 Å². The Morgan fingerprint density at radius 2 is 1.44 bits per heavy atom. The van der Waals surface area contributed by atoms with Crippen LogP contribution in [0.5, 0.6) is 0 Å². The lowest BCUT2D eigenvalue weighted by Gasteiger charge is -2.28. The molecule has 2 aliphatic rings. The van der Waals surface area contributed by atoms with Crippen LogP contribution in [0.1, 0.15) is 6.92 Å². The molecule has 16 heavy (non-hydrogen) atoms. The third kappa shape index (κ3) is 3.41. The topological polar surface area (TPSA) is 55.5 Å². The van der Waals surface area contributed by atoms with Gasteiger partial charge in [0.25, 0.3) is 19.5 Å². The molecule has 3 unspecified atom stereocenters. The standard InChI is InChI=1S/C4H8Cl4N3O2P3/c1-4-2-12-15(7)9-14(5,6)10-16(8,11-15)13-3-4/h4H,2-3H2,1H3. The van der Waals surface area contributed by atoms with Gasteiger partial charge in [-0.1, -0.05) is 6.92 Å². The number of halogens is 4. The molecular formula is C4H8Cl4N3O2P3. The van der Waals surface area contributed by atoms with Crippen molar-refractivity contribution in [1.82, 2.24) is 0 Å². The summed E-state index contributed by atoms with van der Waals surface area (Å²) in [5.74, 6) is -2.78. The van der Waals surface area contributed by atoms with Crippen LogP contribution in [0.3, 0.4) is 0 Å². The Morgan fingerprint density at radius 1 is 0.938 bits per heavy atom. The van der Waals surface area contributed by atoms with Crippen LogP contribution in [0.25, 0.3) is 0 Å². The van der Waals surface area contributed by atoms with Crippen LogP contribution in [-0.2, 0) is 9.05 Å². The molecule has 2 bridgehead atoms. The highest BCUT2D eigenvalue weighted by molar-refractivity contribution is 8.16. The van der Waals surface area contributed by atoms with Gasteiger partial charge in [-0.05, 0) is 45.0 Å². The third-order valence-electron chi connectivity index (χ3n) is 1.70. The van der Waals surface area contributed by atoms with Crippen LogP contribution in [0.2, 0.25) is 0 Å². The number of nitrogens with zero attached hydrogens (tertiary/aromatic N) is 3. The highest BCUT2D eigenvalue weighted by Gasteiger charge is 2.37. The highest BCUT2D eigenvalue weighted by atomic mass is 35.9. The normalized spacial score (nSPS) is 46.7. The van der Waals surface area contributed by atoms with Gasteiger partial charge in [-0.3, -0.25) is 0 Å². The Labute approximate surface area is 113 Å². The van der Waals surface area contributed by atoms with Gasteiger partial charge in [0.1, 0.15) is 0 Å². The molecule has 2 rings (SSSR count). The second-order valence-corrected chi connectivity index (χ2v) is 14.8. The fourth-order valence-electron chi connectivity index (χ4n) is 1.05. The molecule has 0 radical (unpaired) electrons. The van der Waals surface area contributed by atoms with Crippen LogP contribution in [0.4, 0.5) is 0 Å². The van der Waals surface area contributed by atoms with Gasteiger partial charge in [-0.2, -0.15) is 13.5 Å². The summed E-state index contributed by atoms with van der Waals surface area (Å²) in [6.07, 6.45) is 0. The maximum absolute atomic E-state index is 6.14. The molecule has 0 fully saturated rings. The molecule has 0 saturated heterocycles. The van der Waals surface area contributed by atoms with E-state index in [2.05, 4.69) is 13.5 Å². The van der Waals surface area contributed by atoms with E-state index < -0.39 is 19.5 Å². The van der Waals surface area contributed by atoms with Gasteiger partial charge in [0.15, 0.2) is 0 Å². The third-order valence-corrected chi connectivity index (χ3v) is 13.4. The average Bonchev–Trinajstić information content (AvgIpc) is 2.06. The van der Waals surface area contributed by atoms with Crippen molar-refractivity contribution < 1.29 is 9.05 Å². The summed E-state index contributed by atoms with van der Waals surface area (Å²) >= 11 is 24.1. The zero-order valence-corrected chi connectivity index (χ0v) is 13.7. The van der Waals surface area contributed by atoms with Crippen molar-refractivity contribution >= 4 is 64.4 Å². The van der Waals surface area contributed by atoms with E-state index in [9.17, 15) is 0 Å². The number of hydrogen-bond acceptors (Lipinski definition) is 5. The van der Waals surface area contributed by atoms with Gasteiger partial charge in [0, 0.05) is 5.92 Å². The summed E-state index contributed by atoms with van der Waals surface area (Å²) in [6.45, 7) is -3.09. The van der Waals surface area contributed by atoms with E-state index >= 15 is 0 Å². The van der Waals surface area contributed by atoms with E-state index in [0.29, 0.717) is 13.2 Å². The first-order valence-corrected chi connectivity index (χ1v) is 12.8. The largest absolute Gasteiger partial charge is 0.315 e. The maximum Gasteiger partial charge on any atom is 0.300 e. The van der Waals surface area contributed by atoms with Crippen molar-refractivity contribution in [3.05, 3.63) is 0 Å². The fourth-order valence-corrected chi connectivity index (χ4v) is 16.0. The Bertz CT molecular complexity index is 460. The van der Waals surface area contributed by atoms with Gasteiger partial charge in [-0.25, -0.2) is 0 Å². The van der Waals surface area contributed by atoms with Gasteiger partial charge in [0.2, 0.25) is 0 Å². The molecule has 0 N–H and O–H groups in total. The van der Waals surface area contributed by atoms with Crippen LogP contribution in [0.15, 0.2) is 13.5 Å². The van der Waals surface area contributed by atoms with Crippen molar-refractivity contribution in [2.75, 3.05) is 13.2 Å². The van der Waals surface area contributed by atoms with Gasteiger partial charge < -0.3 is 9.05 Å². The Morgan fingerprint density at radius 3 is 2.00 bits per heavy atom. The van der Waals surface area contributed by atoms with Gasteiger partial charge >= 0.3 is 0 Å². The molecule has 0 saturated carbocycles. The SMILES string of the molecule is CC1COP2(Cl)=NP(Cl)(Cl)=NP(Cl)(=N2)OC1. The molecule has 0 aromatic carbocycles. The Hall–Kier alpha value is 1.77. The molecule has 12 heteroatoms. The predicted molar refractivity (Wildman–Crippen MR) is 72.5 cm³/mol. The quantitative estimate of drug-likeness (QED) is 0.462. The van der Waals surface area contributed by atoms with Crippen LogP contribution < -0.4 is 0 Å². The molecular weight excluding hydrogens is 357 g/mol. The van der Waals surface area contributed by atoms with Gasteiger partial charge in [0.05, 0.1) is 13.2 Å². The summed E-state index contributed by atoms with van der Waals surface area (Å²) in [6, 6.07) is 0. The smallest absolute Gasteiger partial charge is 0.300 e. The van der Waals surface area contributed by atoms with Gasteiger partial charge in [-0.15, -0.1) is 0 Å². The molecule has 0 aromatic heterocycles. The van der Waals surface area contributed by atoms with Crippen molar-refractivity contribution in [2.45, 2.75) is 6.92 Å². The Kier molecular flexibility index (Phi) is 4.17. The molecule has 5 nitrogen and oxygen atoms in total. The number of rotatable bonds is 0. The molecule has 2 heterocycles. The lowest BCUT2D eigenvalue weighted by atomic mass is 10.2. The first-order valence-electron chi connectivity index (χ1n) is 4.21. The monoisotopic (exact) mass is 363 g/mol. The molecule has 94 valence electrons. The number of fused-ring (bicyclic) bond motifs is 1. The summed E-state index contributed by atoms with van der Waals surface area (Å²) in [5.41, 5.74) is 0. The summed E-state index contributed by atoms with van der Waals surface area (Å²) < 4.78 is 22.9.